The minimum atomic E-state index is 0.128. The van der Waals surface area contributed by atoms with Crippen LogP contribution in [0.1, 0.15) is 38.2 Å². The van der Waals surface area contributed by atoms with Gasteiger partial charge in [-0.15, -0.1) is 10.2 Å². The average Bonchev–Trinajstić information content (AvgIpc) is 2.69. The molecule has 0 saturated carbocycles. The number of amides is 1. The zero-order chi connectivity index (χ0) is 18.4. The Morgan fingerprint density at radius 2 is 1.85 bits per heavy atom. The average molecular weight is 352 g/mol. The molecule has 1 amide bonds. The van der Waals surface area contributed by atoms with Gasteiger partial charge in [-0.3, -0.25) is 4.79 Å². The van der Waals surface area contributed by atoms with Crippen molar-refractivity contribution in [3.8, 4) is 11.3 Å². The van der Waals surface area contributed by atoms with Crippen LogP contribution in [0.3, 0.4) is 0 Å². The van der Waals surface area contributed by atoms with Gasteiger partial charge in [-0.05, 0) is 38.3 Å². The van der Waals surface area contributed by atoms with Crippen LogP contribution in [0.5, 0.6) is 0 Å². The molecule has 1 aliphatic rings. The molecule has 26 heavy (non-hydrogen) atoms. The lowest BCUT2D eigenvalue weighted by atomic mass is 9.96. The van der Waals surface area contributed by atoms with E-state index in [9.17, 15) is 4.79 Å². The van der Waals surface area contributed by atoms with Crippen molar-refractivity contribution in [2.45, 2.75) is 39.5 Å². The number of anilines is 1. The molecule has 0 aliphatic carbocycles. The Morgan fingerprint density at radius 3 is 2.46 bits per heavy atom. The second-order valence-electron chi connectivity index (χ2n) is 7.05. The van der Waals surface area contributed by atoms with Gasteiger partial charge in [0, 0.05) is 31.1 Å². The molecule has 138 valence electrons. The normalized spacial score (nSPS) is 15.1. The van der Waals surface area contributed by atoms with Crippen LogP contribution in [0.2, 0.25) is 0 Å². The predicted octanol–water partition coefficient (Wildman–Crippen LogP) is 3.58. The number of rotatable bonds is 6. The first-order valence-corrected chi connectivity index (χ1v) is 9.61. The second kappa shape index (κ2) is 8.79. The standard InChI is InChI=1S/C21H28N4O/c1-3-4-13-22-21(26)18-11-14-25(15-12-18)20-10-9-19(23-24-20)17-7-5-16(2)6-8-17/h5-10,18H,3-4,11-15H2,1-2H3,(H,22,26). The van der Waals surface area contributed by atoms with Gasteiger partial charge in [-0.25, -0.2) is 0 Å². The van der Waals surface area contributed by atoms with Crippen LogP contribution in [-0.4, -0.2) is 35.7 Å². The molecule has 2 heterocycles. The summed E-state index contributed by atoms with van der Waals surface area (Å²) < 4.78 is 0. The van der Waals surface area contributed by atoms with Crippen LogP contribution in [0.25, 0.3) is 11.3 Å². The lowest BCUT2D eigenvalue weighted by Gasteiger charge is -2.31. The van der Waals surface area contributed by atoms with E-state index in [4.69, 9.17) is 0 Å². The van der Waals surface area contributed by atoms with E-state index in [0.717, 1.165) is 62.4 Å². The third kappa shape index (κ3) is 4.59. The van der Waals surface area contributed by atoms with Gasteiger partial charge < -0.3 is 10.2 Å². The predicted molar refractivity (Wildman–Crippen MR) is 105 cm³/mol. The van der Waals surface area contributed by atoms with Crippen molar-refractivity contribution < 1.29 is 4.79 Å². The Bertz CT molecular complexity index is 704. The van der Waals surface area contributed by atoms with Crippen LogP contribution < -0.4 is 10.2 Å². The van der Waals surface area contributed by atoms with E-state index in [-0.39, 0.29) is 11.8 Å². The Hall–Kier alpha value is -2.43. The third-order valence-corrected chi connectivity index (χ3v) is 5.02. The molecule has 1 N–H and O–H groups in total. The first-order chi connectivity index (χ1) is 12.7. The van der Waals surface area contributed by atoms with Gasteiger partial charge in [0.15, 0.2) is 5.82 Å². The van der Waals surface area contributed by atoms with Gasteiger partial charge >= 0.3 is 0 Å². The fourth-order valence-corrected chi connectivity index (χ4v) is 3.28. The van der Waals surface area contributed by atoms with Gasteiger partial charge in [0.25, 0.3) is 0 Å². The molecule has 1 aromatic carbocycles. The maximum Gasteiger partial charge on any atom is 0.223 e. The van der Waals surface area contributed by atoms with E-state index < -0.39 is 0 Å². The smallest absolute Gasteiger partial charge is 0.223 e. The lowest BCUT2D eigenvalue weighted by molar-refractivity contribution is -0.125. The number of nitrogens with one attached hydrogen (secondary N) is 1. The molecule has 5 nitrogen and oxygen atoms in total. The Kier molecular flexibility index (Phi) is 6.21. The molecule has 1 aliphatic heterocycles. The van der Waals surface area contributed by atoms with Crippen LogP contribution >= 0.6 is 0 Å². The van der Waals surface area contributed by atoms with Crippen LogP contribution in [0, 0.1) is 12.8 Å². The van der Waals surface area contributed by atoms with Gasteiger partial charge in [0.05, 0.1) is 5.69 Å². The van der Waals surface area contributed by atoms with E-state index in [1.807, 2.05) is 12.1 Å². The maximum absolute atomic E-state index is 12.2. The zero-order valence-corrected chi connectivity index (χ0v) is 15.7. The third-order valence-electron chi connectivity index (χ3n) is 5.02. The van der Waals surface area contributed by atoms with Crippen LogP contribution in [0.15, 0.2) is 36.4 Å². The van der Waals surface area contributed by atoms with Crippen molar-refractivity contribution in [2.75, 3.05) is 24.5 Å². The molecular weight excluding hydrogens is 324 g/mol. The van der Waals surface area contributed by atoms with Crippen molar-refractivity contribution in [3.05, 3.63) is 42.0 Å². The molecular formula is C21H28N4O. The molecule has 0 atom stereocenters. The zero-order valence-electron chi connectivity index (χ0n) is 15.7. The first-order valence-electron chi connectivity index (χ1n) is 9.61. The molecule has 0 radical (unpaired) electrons. The minimum Gasteiger partial charge on any atom is -0.356 e. The Balaban J connectivity index is 1.54. The van der Waals surface area contributed by atoms with Gasteiger partial charge in [0.1, 0.15) is 0 Å². The summed E-state index contributed by atoms with van der Waals surface area (Å²) in [6.07, 6.45) is 3.90. The van der Waals surface area contributed by atoms with Crippen molar-refractivity contribution >= 4 is 11.7 Å². The van der Waals surface area contributed by atoms with Gasteiger partial charge in [-0.2, -0.15) is 0 Å². The van der Waals surface area contributed by atoms with Crippen molar-refractivity contribution in [1.29, 1.82) is 0 Å². The summed E-state index contributed by atoms with van der Waals surface area (Å²) in [5, 5.41) is 11.8. The molecule has 0 spiro atoms. The topological polar surface area (TPSA) is 58.1 Å². The SMILES string of the molecule is CCCCNC(=O)C1CCN(c2ccc(-c3ccc(C)cc3)nn2)CC1. The molecule has 2 aromatic rings. The highest BCUT2D eigenvalue weighted by atomic mass is 16.1. The fourth-order valence-electron chi connectivity index (χ4n) is 3.28. The van der Waals surface area contributed by atoms with Crippen molar-refractivity contribution in [3.63, 3.8) is 0 Å². The minimum absolute atomic E-state index is 0.128. The molecule has 0 unspecified atom stereocenters. The summed E-state index contributed by atoms with van der Waals surface area (Å²) in [4.78, 5) is 14.4. The highest BCUT2D eigenvalue weighted by Gasteiger charge is 2.25. The number of hydrogen-bond acceptors (Lipinski definition) is 4. The quantitative estimate of drug-likeness (QED) is 0.807. The highest BCUT2D eigenvalue weighted by Crippen LogP contribution is 2.23. The molecule has 3 rings (SSSR count). The summed E-state index contributed by atoms with van der Waals surface area (Å²) in [5.74, 6) is 1.23. The molecule has 0 bridgehead atoms. The van der Waals surface area contributed by atoms with E-state index in [2.05, 4.69) is 58.5 Å². The van der Waals surface area contributed by atoms with Crippen LogP contribution in [0.4, 0.5) is 5.82 Å². The molecule has 5 heteroatoms. The highest BCUT2D eigenvalue weighted by molar-refractivity contribution is 5.78. The molecule has 1 saturated heterocycles. The Morgan fingerprint density at radius 1 is 1.12 bits per heavy atom. The lowest BCUT2D eigenvalue weighted by Crippen LogP contribution is -2.41. The number of hydrogen-bond donors (Lipinski definition) is 1. The number of piperidine rings is 1. The van der Waals surface area contributed by atoms with E-state index in [0.29, 0.717) is 0 Å². The van der Waals surface area contributed by atoms with Gasteiger partial charge in [-0.1, -0.05) is 43.2 Å². The number of benzene rings is 1. The van der Waals surface area contributed by atoms with E-state index in [1.54, 1.807) is 0 Å². The second-order valence-corrected chi connectivity index (χ2v) is 7.05. The number of aromatic nitrogens is 2. The number of unbranched alkanes of at least 4 members (excludes halogenated alkanes) is 1. The molecule has 1 aromatic heterocycles. The summed E-state index contributed by atoms with van der Waals surface area (Å²) in [7, 11) is 0. The largest absolute Gasteiger partial charge is 0.356 e. The van der Waals surface area contributed by atoms with Crippen molar-refractivity contribution in [2.24, 2.45) is 5.92 Å². The number of aryl methyl sites for hydroxylation is 1. The van der Waals surface area contributed by atoms with Gasteiger partial charge in [0.2, 0.25) is 5.91 Å². The molecule has 1 fully saturated rings. The summed E-state index contributed by atoms with van der Waals surface area (Å²) in [5.41, 5.74) is 3.20. The van der Waals surface area contributed by atoms with Crippen molar-refractivity contribution in [1.82, 2.24) is 15.5 Å². The first kappa shape index (κ1) is 18.4. The maximum atomic E-state index is 12.2. The number of carbonyl (C=O) groups excluding carboxylic acids is 1. The fraction of sp³-hybridized carbons (Fsp3) is 0.476. The Labute approximate surface area is 155 Å². The summed E-state index contributed by atoms with van der Waals surface area (Å²) in [6.45, 7) is 6.71. The van der Waals surface area contributed by atoms with E-state index >= 15 is 0 Å². The van der Waals surface area contributed by atoms with Crippen LogP contribution in [-0.2, 0) is 4.79 Å². The summed E-state index contributed by atoms with van der Waals surface area (Å²) in [6, 6.07) is 12.4. The van der Waals surface area contributed by atoms with E-state index in [1.165, 1.54) is 5.56 Å². The monoisotopic (exact) mass is 352 g/mol. The number of nitrogens with zero attached hydrogens (tertiary/aromatic N) is 3. The number of carbonyl (C=O) groups is 1. The summed E-state index contributed by atoms with van der Waals surface area (Å²) >= 11 is 0.